The van der Waals surface area contributed by atoms with E-state index in [1.165, 1.54) is 0 Å². The predicted molar refractivity (Wildman–Crippen MR) is 162 cm³/mol. The molecule has 8 unspecified atom stereocenters. The Morgan fingerprint density at radius 3 is 2.45 bits per heavy atom. The molecule has 42 heavy (non-hydrogen) atoms. The van der Waals surface area contributed by atoms with Gasteiger partial charge >= 0.3 is 0 Å². The van der Waals surface area contributed by atoms with E-state index < -0.39 is 23.5 Å². The van der Waals surface area contributed by atoms with Gasteiger partial charge in [0.25, 0.3) is 0 Å². The number of aliphatic imine (C=N–C) groups is 1. The van der Waals surface area contributed by atoms with Crippen LogP contribution in [-0.4, -0.2) is 73.0 Å². The summed E-state index contributed by atoms with van der Waals surface area (Å²) >= 11 is 6.03. The van der Waals surface area contributed by atoms with E-state index in [9.17, 15) is 19.2 Å². The fourth-order valence-electron chi connectivity index (χ4n) is 7.22. The quantitative estimate of drug-likeness (QED) is 0.379. The van der Waals surface area contributed by atoms with Crippen molar-refractivity contribution < 1.29 is 19.2 Å². The van der Waals surface area contributed by atoms with Crippen LogP contribution in [0, 0.1) is 34.5 Å². The third kappa shape index (κ3) is 5.94. The molecule has 228 valence electrons. The monoisotopic (exact) mass is 597 g/mol. The SMILES string of the molecule is C/N=C/C(CC1CCNC1=O)NC(=O)C1C2C(CN1C(=O)C(NC(=O)C1CC1c1ccc(Cl)cc1)C(C)(C)C)C2(C)C. The fourth-order valence-corrected chi connectivity index (χ4v) is 7.35. The van der Waals surface area contributed by atoms with Gasteiger partial charge in [0.2, 0.25) is 23.6 Å². The summed E-state index contributed by atoms with van der Waals surface area (Å²) in [5.74, 6) is -0.617. The lowest BCUT2D eigenvalue weighted by Gasteiger charge is -2.38. The van der Waals surface area contributed by atoms with E-state index >= 15 is 0 Å². The van der Waals surface area contributed by atoms with E-state index in [2.05, 4.69) is 34.8 Å². The van der Waals surface area contributed by atoms with Gasteiger partial charge in [0.05, 0.1) is 6.04 Å². The second kappa shape index (κ2) is 11.3. The molecule has 5 rings (SSSR count). The zero-order valence-corrected chi connectivity index (χ0v) is 26.2. The summed E-state index contributed by atoms with van der Waals surface area (Å²) in [6.45, 7) is 11.2. The van der Waals surface area contributed by atoms with Crippen LogP contribution in [0.1, 0.15) is 65.4 Å². The molecule has 1 aromatic rings. The lowest BCUT2D eigenvalue weighted by atomic mass is 9.85. The average Bonchev–Trinajstić information content (AvgIpc) is 3.66. The van der Waals surface area contributed by atoms with Gasteiger partial charge in [-0.1, -0.05) is 58.4 Å². The molecule has 0 spiro atoms. The molecule has 2 heterocycles. The minimum Gasteiger partial charge on any atom is -0.356 e. The molecule has 1 aromatic carbocycles. The number of nitrogens with zero attached hydrogens (tertiary/aromatic N) is 2. The van der Waals surface area contributed by atoms with Gasteiger partial charge in [0, 0.05) is 43.2 Å². The Balaban J connectivity index is 1.30. The zero-order chi connectivity index (χ0) is 30.6. The third-order valence-corrected chi connectivity index (χ3v) is 10.2. The van der Waals surface area contributed by atoms with E-state index in [1.54, 1.807) is 18.2 Å². The van der Waals surface area contributed by atoms with Crippen molar-refractivity contribution in [3.8, 4) is 0 Å². The maximum atomic E-state index is 14.2. The second-order valence-electron chi connectivity index (χ2n) is 14.2. The van der Waals surface area contributed by atoms with Gasteiger partial charge in [-0.2, -0.15) is 0 Å². The summed E-state index contributed by atoms with van der Waals surface area (Å²) in [5, 5.41) is 9.69. The molecule has 4 amide bonds. The van der Waals surface area contributed by atoms with Gasteiger partial charge in [0.1, 0.15) is 12.1 Å². The highest BCUT2D eigenvalue weighted by Crippen LogP contribution is 2.65. The number of hydrogen-bond donors (Lipinski definition) is 3. The van der Waals surface area contributed by atoms with Crippen LogP contribution in [-0.2, 0) is 19.2 Å². The van der Waals surface area contributed by atoms with Crippen molar-refractivity contribution in [2.75, 3.05) is 20.1 Å². The van der Waals surface area contributed by atoms with Crippen LogP contribution in [0.25, 0.3) is 0 Å². The highest BCUT2D eigenvalue weighted by Gasteiger charge is 2.70. The van der Waals surface area contributed by atoms with Crippen molar-refractivity contribution >= 4 is 41.4 Å². The molecule has 0 aromatic heterocycles. The summed E-state index contributed by atoms with van der Waals surface area (Å²) in [6, 6.07) is 5.72. The first-order valence-electron chi connectivity index (χ1n) is 15.1. The maximum Gasteiger partial charge on any atom is 0.246 e. The molecule has 0 bridgehead atoms. The molecular formula is C32H44ClN5O4. The number of carbonyl (C=O) groups excluding carboxylic acids is 4. The highest BCUT2D eigenvalue weighted by molar-refractivity contribution is 6.30. The van der Waals surface area contributed by atoms with Gasteiger partial charge in [-0.05, 0) is 65.5 Å². The average molecular weight is 598 g/mol. The summed E-state index contributed by atoms with van der Waals surface area (Å²) in [5.41, 5.74) is 0.448. The Bertz CT molecular complexity index is 1270. The first-order chi connectivity index (χ1) is 19.7. The Hall–Kier alpha value is -2.94. The number of hydrogen-bond acceptors (Lipinski definition) is 5. The van der Waals surface area contributed by atoms with E-state index in [0.717, 1.165) is 18.4 Å². The summed E-state index contributed by atoms with van der Waals surface area (Å²) < 4.78 is 0. The molecule has 4 fully saturated rings. The van der Waals surface area contributed by atoms with E-state index in [-0.39, 0.29) is 58.6 Å². The molecule has 4 aliphatic rings. The molecular weight excluding hydrogens is 554 g/mol. The number of amides is 4. The van der Waals surface area contributed by atoms with Gasteiger partial charge in [-0.25, -0.2) is 0 Å². The Morgan fingerprint density at radius 1 is 1.17 bits per heavy atom. The minimum absolute atomic E-state index is 0.00228. The third-order valence-electron chi connectivity index (χ3n) is 9.94. The molecule has 8 atom stereocenters. The number of carbonyl (C=O) groups is 4. The molecule has 2 aliphatic carbocycles. The first kappa shape index (κ1) is 30.5. The number of piperidine rings is 1. The van der Waals surface area contributed by atoms with Gasteiger partial charge in [-0.3, -0.25) is 24.2 Å². The van der Waals surface area contributed by atoms with E-state index in [1.807, 2.05) is 45.0 Å². The molecule has 10 heteroatoms. The lowest BCUT2D eigenvalue weighted by molar-refractivity contribution is -0.145. The van der Waals surface area contributed by atoms with Crippen LogP contribution in [0.5, 0.6) is 0 Å². The summed E-state index contributed by atoms with van der Waals surface area (Å²) in [4.78, 5) is 59.6. The number of nitrogens with one attached hydrogen (secondary N) is 3. The van der Waals surface area contributed by atoms with Crippen molar-refractivity contribution in [2.24, 2.45) is 39.5 Å². The first-order valence-corrected chi connectivity index (χ1v) is 15.5. The van der Waals surface area contributed by atoms with Crippen molar-refractivity contribution in [2.45, 2.75) is 77.9 Å². The van der Waals surface area contributed by atoms with Crippen LogP contribution in [0.3, 0.4) is 0 Å². The Labute approximate surface area is 253 Å². The lowest BCUT2D eigenvalue weighted by Crippen LogP contribution is -2.60. The molecule has 0 radical (unpaired) electrons. The summed E-state index contributed by atoms with van der Waals surface area (Å²) in [6.07, 6.45) is 3.58. The van der Waals surface area contributed by atoms with Crippen molar-refractivity contribution in [3.05, 3.63) is 34.9 Å². The number of likely N-dealkylation sites (tertiary alicyclic amines) is 1. The largest absolute Gasteiger partial charge is 0.356 e. The number of fused-ring (bicyclic) bond motifs is 1. The van der Waals surface area contributed by atoms with Crippen molar-refractivity contribution in [1.29, 1.82) is 0 Å². The fraction of sp³-hybridized carbons (Fsp3) is 0.656. The molecule has 9 nitrogen and oxygen atoms in total. The topological polar surface area (TPSA) is 120 Å². The smallest absolute Gasteiger partial charge is 0.246 e. The van der Waals surface area contributed by atoms with Gasteiger partial charge < -0.3 is 20.9 Å². The Morgan fingerprint density at radius 2 is 1.86 bits per heavy atom. The molecule has 2 saturated heterocycles. The number of benzene rings is 1. The molecule has 2 aliphatic heterocycles. The Kier molecular flexibility index (Phi) is 8.20. The second-order valence-corrected chi connectivity index (χ2v) is 14.7. The maximum absolute atomic E-state index is 14.2. The van der Waals surface area contributed by atoms with Crippen LogP contribution >= 0.6 is 11.6 Å². The summed E-state index contributed by atoms with van der Waals surface area (Å²) in [7, 11) is 1.65. The number of rotatable bonds is 9. The standard InChI is InChI=1S/C32H44ClN5O4/c1-31(2,3)26(37-28(40)22-14-21(22)17-7-9-19(33)10-8-17)30(42)38-16-23-24(32(23,4)5)25(38)29(41)36-20(15-34-6)13-18-11-12-35-27(18)39/h7-10,15,18,20-26H,11-14,16H2,1-6H3,(H,35,39)(H,36,41)(H,37,40)/b34-15+. The van der Waals surface area contributed by atoms with Crippen LogP contribution < -0.4 is 16.0 Å². The van der Waals surface area contributed by atoms with Crippen LogP contribution in [0.2, 0.25) is 5.02 Å². The van der Waals surface area contributed by atoms with Gasteiger partial charge in [0.15, 0.2) is 0 Å². The van der Waals surface area contributed by atoms with Gasteiger partial charge in [-0.15, -0.1) is 0 Å². The van der Waals surface area contributed by atoms with Crippen LogP contribution in [0.15, 0.2) is 29.3 Å². The van der Waals surface area contributed by atoms with Crippen molar-refractivity contribution in [1.82, 2.24) is 20.9 Å². The van der Waals surface area contributed by atoms with E-state index in [0.29, 0.717) is 24.5 Å². The minimum atomic E-state index is -0.775. The highest BCUT2D eigenvalue weighted by atomic mass is 35.5. The van der Waals surface area contributed by atoms with Crippen LogP contribution in [0.4, 0.5) is 0 Å². The number of halogens is 1. The normalized spacial score (nSPS) is 30.8. The predicted octanol–water partition coefficient (Wildman–Crippen LogP) is 3.17. The molecule has 2 saturated carbocycles. The van der Waals surface area contributed by atoms with Crippen molar-refractivity contribution in [3.63, 3.8) is 0 Å². The van der Waals surface area contributed by atoms with E-state index in [4.69, 9.17) is 11.6 Å². The molecule has 3 N–H and O–H groups in total. The zero-order valence-electron chi connectivity index (χ0n) is 25.4.